The topological polar surface area (TPSA) is 52.6 Å². The van der Waals surface area contributed by atoms with Crippen molar-refractivity contribution >= 4 is 39.7 Å². The highest BCUT2D eigenvalue weighted by molar-refractivity contribution is 8.13. The highest BCUT2D eigenvalue weighted by Gasteiger charge is 2.36. The Bertz CT molecular complexity index is 663. The molecule has 0 aliphatic rings. The molecule has 1 aromatic carbocycles. The Labute approximate surface area is 176 Å². The first-order valence-corrected chi connectivity index (χ1v) is 15.1. The third-order valence-corrected chi connectivity index (χ3v) is 9.45. The van der Waals surface area contributed by atoms with E-state index in [1.807, 2.05) is 0 Å². The summed E-state index contributed by atoms with van der Waals surface area (Å²) in [5.74, 6) is 1.38. The van der Waals surface area contributed by atoms with Crippen LogP contribution in [0, 0.1) is 0 Å². The molecule has 0 aliphatic carbocycles. The van der Waals surface area contributed by atoms with E-state index >= 15 is 0 Å². The molecule has 0 aromatic heterocycles. The van der Waals surface area contributed by atoms with Crippen LogP contribution in [0.15, 0.2) is 18.2 Å². The Morgan fingerprint density at radius 2 is 1.70 bits per heavy atom. The van der Waals surface area contributed by atoms with E-state index in [0.717, 1.165) is 43.4 Å². The number of unbranched alkanes of at least 4 members (excludes halogenated alkanes) is 1. The monoisotopic (exact) mass is 456 g/mol. The van der Waals surface area contributed by atoms with Gasteiger partial charge in [0.05, 0.1) is 19.2 Å². The fraction of sp³-hybridized carbons (Fsp3) is 0.684. The zero-order chi connectivity index (χ0) is 21.3. The van der Waals surface area contributed by atoms with Crippen LogP contribution in [0.4, 0.5) is 0 Å². The Balaban J connectivity index is 0.00000119. The van der Waals surface area contributed by atoms with E-state index in [4.69, 9.17) is 20.8 Å². The highest BCUT2D eigenvalue weighted by Crippen LogP contribution is 2.36. The molecular weight excluding hydrogens is 423 g/mol. The number of ether oxygens (including phenoxy) is 1. The molecule has 0 spiro atoms. The molecule has 0 saturated carbocycles. The van der Waals surface area contributed by atoms with Gasteiger partial charge in [-0.05, 0) is 49.0 Å². The number of alkyl halides is 1. The zero-order valence-electron chi connectivity index (χ0n) is 17.6. The molecule has 158 valence electrons. The van der Waals surface area contributed by atoms with Crippen LogP contribution in [0.25, 0.3) is 0 Å². The fourth-order valence-corrected chi connectivity index (χ4v) is 3.34. The van der Waals surface area contributed by atoms with Crippen molar-refractivity contribution in [2.24, 2.45) is 0 Å². The first-order chi connectivity index (χ1) is 12.2. The molecule has 8 heteroatoms. The summed E-state index contributed by atoms with van der Waals surface area (Å²) in [4.78, 5) is 0. The van der Waals surface area contributed by atoms with Gasteiger partial charge in [0.1, 0.15) is 5.75 Å². The normalized spacial score (nSPS) is 12.3. The average Bonchev–Trinajstić information content (AvgIpc) is 2.51. The number of benzene rings is 1. The van der Waals surface area contributed by atoms with Crippen LogP contribution in [0.2, 0.25) is 18.1 Å². The molecule has 1 aromatic rings. The number of hydrogen-bond acceptors (Lipinski definition) is 4. The largest absolute Gasteiger partial charge is 0.496 e. The Hall–Kier alpha value is -0.273. The van der Waals surface area contributed by atoms with Gasteiger partial charge >= 0.3 is 0 Å². The van der Waals surface area contributed by atoms with E-state index < -0.39 is 17.4 Å². The molecule has 0 fully saturated rings. The summed E-state index contributed by atoms with van der Waals surface area (Å²) in [6.45, 7) is 12.3. The smallest absolute Gasteiger partial charge is 0.229 e. The molecule has 27 heavy (non-hydrogen) atoms. The maximum atomic E-state index is 9.40. The van der Waals surface area contributed by atoms with Gasteiger partial charge in [0.2, 0.25) is 9.05 Å². The lowest BCUT2D eigenvalue weighted by Gasteiger charge is -2.36. The molecule has 0 saturated heterocycles. The minimum Gasteiger partial charge on any atom is -0.496 e. The second-order valence-corrected chi connectivity index (χ2v) is 16.1. The summed E-state index contributed by atoms with van der Waals surface area (Å²) in [5.41, 5.74) is 2.35. The van der Waals surface area contributed by atoms with Gasteiger partial charge in [-0.3, -0.25) is 0 Å². The van der Waals surface area contributed by atoms with Crippen molar-refractivity contribution in [3.63, 3.8) is 0 Å². The first kappa shape index (κ1) is 26.7. The van der Waals surface area contributed by atoms with Gasteiger partial charge in [-0.1, -0.05) is 32.9 Å². The molecule has 0 radical (unpaired) electrons. The van der Waals surface area contributed by atoms with Gasteiger partial charge in [0, 0.05) is 22.9 Å². The summed E-state index contributed by atoms with van der Waals surface area (Å²) in [7, 11) is 1.41. The summed E-state index contributed by atoms with van der Waals surface area (Å²) < 4.78 is 30.4. The van der Waals surface area contributed by atoms with Crippen molar-refractivity contribution in [3.8, 4) is 5.75 Å². The highest BCUT2D eigenvalue weighted by atomic mass is 35.7. The third kappa shape index (κ3) is 12.0. The molecule has 0 N–H and O–H groups in total. The summed E-state index contributed by atoms with van der Waals surface area (Å²) in [6, 6.07) is 6.31. The number of methoxy groups -OCH3 is 1. The zero-order valence-corrected chi connectivity index (χ0v) is 20.9. The molecule has 1 rings (SSSR count). The van der Waals surface area contributed by atoms with E-state index in [1.54, 1.807) is 7.11 Å². The quantitative estimate of drug-likeness (QED) is 0.209. The van der Waals surface area contributed by atoms with E-state index in [0.29, 0.717) is 5.88 Å². The van der Waals surface area contributed by atoms with Gasteiger partial charge < -0.3 is 9.16 Å². The van der Waals surface area contributed by atoms with Crippen molar-refractivity contribution in [2.45, 2.75) is 64.0 Å². The van der Waals surface area contributed by atoms with Crippen molar-refractivity contribution < 1.29 is 17.6 Å². The maximum absolute atomic E-state index is 9.40. The van der Waals surface area contributed by atoms with Crippen LogP contribution >= 0.6 is 22.3 Å². The average molecular weight is 458 g/mol. The van der Waals surface area contributed by atoms with Crippen LogP contribution < -0.4 is 4.74 Å². The van der Waals surface area contributed by atoms with Crippen LogP contribution in [-0.4, -0.2) is 36.7 Å². The lowest BCUT2D eigenvalue weighted by Crippen LogP contribution is -2.40. The van der Waals surface area contributed by atoms with E-state index in [1.165, 1.54) is 5.56 Å². The van der Waals surface area contributed by atoms with Crippen LogP contribution in [0.3, 0.4) is 0 Å². The predicted molar refractivity (Wildman–Crippen MR) is 119 cm³/mol. The van der Waals surface area contributed by atoms with Crippen LogP contribution in [0.1, 0.15) is 44.7 Å². The minimum atomic E-state index is -3.19. The molecule has 0 unspecified atom stereocenters. The van der Waals surface area contributed by atoms with Gasteiger partial charge in [-0.25, -0.2) is 8.42 Å². The van der Waals surface area contributed by atoms with Crippen molar-refractivity contribution in [3.05, 3.63) is 29.3 Å². The lowest BCUT2D eigenvalue weighted by atomic mass is 10.1. The van der Waals surface area contributed by atoms with Crippen molar-refractivity contribution in [1.82, 2.24) is 0 Å². The first-order valence-electron chi connectivity index (χ1n) is 8.96. The molecule has 0 aliphatic heterocycles. The van der Waals surface area contributed by atoms with Gasteiger partial charge in [0.15, 0.2) is 8.32 Å². The fourth-order valence-electron chi connectivity index (χ4n) is 2.03. The van der Waals surface area contributed by atoms with Gasteiger partial charge in [-0.2, -0.15) is 0 Å². The summed E-state index contributed by atoms with van der Waals surface area (Å²) in [6.07, 6.45) is 4.22. The Kier molecular flexibility index (Phi) is 11.5. The van der Waals surface area contributed by atoms with E-state index in [2.05, 4.69) is 62.7 Å². The van der Waals surface area contributed by atoms with Crippen molar-refractivity contribution in [2.75, 3.05) is 20.0 Å². The molecule has 0 heterocycles. The number of rotatable bonds is 8. The third-order valence-electron chi connectivity index (χ3n) is 4.62. The number of hydrogen-bond donors (Lipinski definition) is 0. The summed E-state index contributed by atoms with van der Waals surface area (Å²) >= 11 is 5.90. The van der Waals surface area contributed by atoms with Gasteiger partial charge in [0.25, 0.3) is 0 Å². The van der Waals surface area contributed by atoms with Crippen LogP contribution in [-0.2, 0) is 25.8 Å². The molecule has 0 bridgehead atoms. The molecular formula is C19H34Cl2O4SSi. The molecule has 0 amide bonds. The maximum Gasteiger partial charge on any atom is 0.229 e. The number of aryl methyl sites for hydroxylation is 1. The standard InChI is InChI=1S/C18H31ClO2Si.CH3ClO2S/c1-18(2,3)22(5,6)21-12-8-7-9-15-10-11-16(14-19)17(13-15)20-4;1-5(2,3)4/h10-11,13H,7-9,12,14H2,1-6H3;1H3. The number of halogens is 2. The van der Waals surface area contributed by atoms with Gasteiger partial charge in [-0.15, -0.1) is 11.6 Å². The Morgan fingerprint density at radius 1 is 1.15 bits per heavy atom. The van der Waals surface area contributed by atoms with Crippen LogP contribution in [0.5, 0.6) is 5.75 Å². The minimum absolute atomic E-state index is 0.289. The second-order valence-electron chi connectivity index (χ2n) is 8.03. The lowest BCUT2D eigenvalue weighted by molar-refractivity contribution is 0.279. The van der Waals surface area contributed by atoms with Crippen molar-refractivity contribution in [1.29, 1.82) is 0 Å². The van der Waals surface area contributed by atoms with E-state index in [9.17, 15) is 8.42 Å². The van der Waals surface area contributed by atoms with E-state index in [-0.39, 0.29) is 5.04 Å². The second kappa shape index (κ2) is 11.7. The molecule has 4 nitrogen and oxygen atoms in total. The molecule has 0 atom stereocenters. The predicted octanol–water partition coefficient (Wildman–Crippen LogP) is 5.96. The SMILES string of the molecule is COc1cc(CCCCO[Si](C)(C)C(C)(C)C)ccc1CCl.CS(=O)(=O)Cl. The Morgan fingerprint density at radius 3 is 2.15 bits per heavy atom. The summed E-state index contributed by atoms with van der Waals surface area (Å²) in [5, 5.41) is 0.289.